The van der Waals surface area contributed by atoms with Crippen LogP contribution in [0.25, 0.3) is 0 Å². The highest BCUT2D eigenvalue weighted by Gasteiger charge is 2.42. The molecule has 0 aromatic heterocycles. The van der Waals surface area contributed by atoms with E-state index in [9.17, 15) is 0 Å². The molecule has 6 heteroatoms. The van der Waals surface area contributed by atoms with Gasteiger partial charge in [0.15, 0.2) is 11.6 Å². The van der Waals surface area contributed by atoms with E-state index in [0.29, 0.717) is 5.76 Å². The SMILES string of the molecule is COC1=CC(Br)=NN2C1=NC(c1ccc(C3(N)CCC3)cc1)C2c1ccccc1. The molecule has 2 aliphatic heterocycles. The average molecular weight is 451 g/mol. The van der Waals surface area contributed by atoms with E-state index in [4.69, 9.17) is 20.6 Å². The summed E-state index contributed by atoms with van der Waals surface area (Å²) in [6.07, 6.45) is 5.18. The first-order chi connectivity index (χ1) is 14.1. The monoisotopic (exact) mass is 450 g/mol. The Morgan fingerprint density at radius 3 is 2.41 bits per heavy atom. The Bertz CT molecular complexity index is 1010. The third kappa shape index (κ3) is 3.11. The van der Waals surface area contributed by atoms with Crippen LogP contribution in [0, 0.1) is 0 Å². The molecule has 2 aromatic carbocycles. The average Bonchev–Trinajstić information content (AvgIpc) is 3.11. The molecule has 1 fully saturated rings. The molecule has 1 aliphatic carbocycles. The van der Waals surface area contributed by atoms with Crippen LogP contribution >= 0.6 is 15.9 Å². The fraction of sp³-hybridized carbons (Fsp3) is 0.304. The van der Waals surface area contributed by atoms with Gasteiger partial charge in [0.2, 0.25) is 0 Å². The van der Waals surface area contributed by atoms with Crippen LogP contribution in [0.1, 0.15) is 48.0 Å². The first-order valence-corrected chi connectivity index (χ1v) is 10.7. The van der Waals surface area contributed by atoms with Crippen molar-refractivity contribution in [1.29, 1.82) is 0 Å². The number of nitrogens with zero attached hydrogens (tertiary/aromatic N) is 3. The van der Waals surface area contributed by atoms with Gasteiger partial charge in [-0.05, 0) is 51.9 Å². The summed E-state index contributed by atoms with van der Waals surface area (Å²) in [5, 5.41) is 6.68. The number of amidine groups is 1. The molecule has 0 bridgehead atoms. The van der Waals surface area contributed by atoms with Crippen molar-refractivity contribution >= 4 is 26.4 Å². The van der Waals surface area contributed by atoms with Crippen molar-refractivity contribution in [2.45, 2.75) is 36.9 Å². The van der Waals surface area contributed by atoms with E-state index in [0.717, 1.165) is 34.4 Å². The number of benzene rings is 2. The predicted octanol–water partition coefficient (Wildman–Crippen LogP) is 4.77. The zero-order chi connectivity index (χ0) is 20.0. The van der Waals surface area contributed by atoms with Crippen molar-refractivity contribution in [2.75, 3.05) is 7.11 Å². The molecule has 5 rings (SSSR count). The minimum atomic E-state index is -0.155. The van der Waals surface area contributed by atoms with Gasteiger partial charge in [-0.3, -0.25) is 4.99 Å². The van der Waals surface area contributed by atoms with Crippen LogP contribution in [0.2, 0.25) is 0 Å². The van der Waals surface area contributed by atoms with Crippen LogP contribution in [-0.2, 0) is 10.3 Å². The number of fused-ring (bicyclic) bond motifs is 1. The van der Waals surface area contributed by atoms with E-state index < -0.39 is 0 Å². The summed E-state index contributed by atoms with van der Waals surface area (Å²) < 4.78 is 6.31. The second-order valence-electron chi connectivity index (χ2n) is 7.86. The number of ether oxygens (including phenoxy) is 1. The highest BCUT2D eigenvalue weighted by molar-refractivity contribution is 9.18. The number of nitrogens with two attached hydrogens (primary N) is 1. The van der Waals surface area contributed by atoms with Crippen LogP contribution in [-0.4, -0.2) is 22.6 Å². The predicted molar refractivity (Wildman–Crippen MR) is 119 cm³/mol. The first kappa shape index (κ1) is 18.6. The van der Waals surface area contributed by atoms with E-state index in [1.54, 1.807) is 7.11 Å². The number of hydrogen-bond donors (Lipinski definition) is 1. The molecule has 1 saturated carbocycles. The van der Waals surface area contributed by atoms with Crippen LogP contribution in [0.4, 0.5) is 0 Å². The third-order valence-corrected chi connectivity index (χ3v) is 6.54. The Morgan fingerprint density at radius 1 is 1.07 bits per heavy atom. The van der Waals surface area contributed by atoms with Crippen molar-refractivity contribution in [3.8, 4) is 0 Å². The number of aliphatic imine (C=N–C) groups is 1. The fourth-order valence-electron chi connectivity index (χ4n) is 4.36. The fourth-order valence-corrected chi connectivity index (χ4v) is 4.74. The highest BCUT2D eigenvalue weighted by Crippen LogP contribution is 2.45. The summed E-state index contributed by atoms with van der Waals surface area (Å²) in [6, 6.07) is 18.9. The summed E-state index contributed by atoms with van der Waals surface area (Å²) in [7, 11) is 1.66. The molecule has 29 heavy (non-hydrogen) atoms. The van der Waals surface area contributed by atoms with E-state index in [1.165, 1.54) is 12.0 Å². The number of hydrazone groups is 1. The number of allylic oxidation sites excluding steroid dienone is 1. The summed E-state index contributed by atoms with van der Waals surface area (Å²) in [4.78, 5) is 5.04. The maximum Gasteiger partial charge on any atom is 0.188 e. The lowest BCUT2D eigenvalue weighted by Crippen LogP contribution is -2.43. The molecule has 2 aromatic rings. The van der Waals surface area contributed by atoms with Gasteiger partial charge >= 0.3 is 0 Å². The molecular formula is C23H23BrN4O. The second kappa shape index (κ2) is 7.11. The van der Waals surface area contributed by atoms with Crippen molar-refractivity contribution in [2.24, 2.45) is 15.8 Å². The molecule has 148 valence electrons. The molecule has 3 aliphatic rings. The maximum atomic E-state index is 6.51. The second-order valence-corrected chi connectivity index (χ2v) is 8.68. The standard InChI is InChI=1S/C23H23BrN4O/c1-29-18-14-19(24)27-28-21(16-6-3-2-4-7-16)20(26-22(18)28)15-8-10-17(11-9-15)23(25)12-5-13-23/h2-4,6-11,14,20-21H,5,12-13,25H2,1H3. The Hall–Kier alpha value is -2.44. The molecule has 2 heterocycles. The van der Waals surface area contributed by atoms with Gasteiger partial charge < -0.3 is 10.5 Å². The van der Waals surface area contributed by atoms with Gasteiger partial charge in [-0.25, -0.2) is 5.01 Å². The Kier molecular flexibility index (Phi) is 4.56. The van der Waals surface area contributed by atoms with Gasteiger partial charge in [-0.15, -0.1) is 0 Å². The van der Waals surface area contributed by atoms with Crippen LogP contribution < -0.4 is 5.73 Å². The minimum Gasteiger partial charge on any atom is -0.493 e. The van der Waals surface area contributed by atoms with Gasteiger partial charge in [0.25, 0.3) is 0 Å². The lowest BCUT2D eigenvalue weighted by Gasteiger charge is -2.38. The highest BCUT2D eigenvalue weighted by atomic mass is 79.9. The Balaban J connectivity index is 1.56. The van der Waals surface area contributed by atoms with Crippen molar-refractivity contribution in [1.82, 2.24) is 5.01 Å². The topological polar surface area (TPSA) is 63.2 Å². The molecule has 0 saturated heterocycles. The van der Waals surface area contributed by atoms with Crippen molar-refractivity contribution in [3.63, 3.8) is 0 Å². The summed E-state index contributed by atoms with van der Waals surface area (Å²) >= 11 is 3.51. The molecule has 5 nitrogen and oxygen atoms in total. The zero-order valence-electron chi connectivity index (χ0n) is 16.3. The van der Waals surface area contributed by atoms with Crippen molar-refractivity contribution in [3.05, 3.63) is 83.1 Å². The molecule has 0 radical (unpaired) electrons. The quantitative estimate of drug-likeness (QED) is 0.728. The van der Waals surface area contributed by atoms with Crippen LogP contribution in [0.3, 0.4) is 0 Å². The smallest absolute Gasteiger partial charge is 0.188 e. The van der Waals surface area contributed by atoms with Crippen LogP contribution in [0.5, 0.6) is 0 Å². The number of methoxy groups -OCH3 is 1. The van der Waals surface area contributed by atoms with E-state index in [2.05, 4.69) is 64.5 Å². The largest absolute Gasteiger partial charge is 0.493 e. The summed E-state index contributed by atoms with van der Waals surface area (Å²) in [5.41, 5.74) is 9.88. The van der Waals surface area contributed by atoms with Gasteiger partial charge in [0.05, 0.1) is 7.11 Å². The third-order valence-electron chi connectivity index (χ3n) is 6.15. The summed E-state index contributed by atoms with van der Waals surface area (Å²) in [5.74, 6) is 1.47. The van der Waals surface area contributed by atoms with Crippen molar-refractivity contribution < 1.29 is 4.74 Å². The number of hydrogen-bond acceptors (Lipinski definition) is 5. The lowest BCUT2D eigenvalue weighted by molar-refractivity contribution is 0.253. The van der Waals surface area contributed by atoms with E-state index in [1.807, 2.05) is 17.2 Å². The molecule has 2 N–H and O–H groups in total. The van der Waals surface area contributed by atoms with Gasteiger partial charge in [-0.1, -0.05) is 54.6 Å². The molecule has 0 spiro atoms. The minimum absolute atomic E-state index is 0.0426. The molecule has 2 atom stereocenters. The maximum absolute atomic E-state index is 6.51. The molecular weight excluding hydrogens is 428 g/mol. The first-order valence-electron chi connectivity index (χ1n) is 9.90. The molecule has 2 unspecified atom stereocenters. The van der Waals surface area contributed by atoms with Gasteiger partial charge in [0.1, 0.15) is 16.7 Å². The van der Waals surface area contributed by atoms with Gasteiger partial charge in [0, 0.05) is 11.6 Å². The molecule has 0 amide bonds. The summed E-state index contributed by atoms with van der Waals surface area (Å²) in [6.45, 7) is 0. The van der Waals surface area contributed by atoms with E-state index in [-0.39, 0.29) is 17.6 Å². The lowest BCUT2D eigenvalue weighted by atomic mass is 9.72. The number of rotatable bonds is 4. The van der Waals surface area contributed by atoms with Gasteiger partial charge in [-0.2, -0.15) is 5.10 Å². The van der Waals surface area contributed by atoms with Crippen LogP contribution in [0.15, 0.2) is 76.5 Å². The normalized spacial score (nSPS) is 24.8. The zero-order valence-corrected chi connectivity index (χ0v) is 17.8. The Labute approximate surface area is 179 Å². The van der Waals surface area contributed by atoms with E-state index >= 15 is 0 Å². The Morgan fingerprint density at radius 2 is 1.79 bits per heavy atom. The number of halogens is 1.